The van der Waals surface area contributed by atoms with Crippen molar-refractivity contribution in [3.63, 3.8) is 0 Å². The van der Waals surface area contributed by atoms with Gasteiger partial charge < -0.3 is 15.4 Å². The van der Waals surface area contributed by atoms with Crippen molar-refractivity contribution >= 4 is 10.0 Å². The molecule has 1 aromatic rings. The molecule has 0 radical (unpaired) electrons. The van der Waals surface area contributed by atoms with Gasteiger partial charge in [0, 0.05) is 19.1 Å². The summed E-state index contributed by atoms with van der Waals surface area (Å²) in [5, 5.41) is 0. The van der Waals surface area contributed by atoms with E-state index in [1.165, 1.54) is 7.11 Å². The van der Waals surface area contributed by atoms with Gasteiger partial charge >= 0.3 is 0 Å². The number of likely N-dealkylation sites (tertiary alicyclic amines) is 1. The minimum atomic E-state index is -3.60. The van der Waals surface area contributed by atoms with Crippen molar-refractivity contribution in [2.24, 2.45) is 5.73 Å². The summed E-state index contributed by atoms with van der Waals surface area (Å²) in [7, 11) is -0.129. The van der Waals surface area contributed by atoms with Gasteiger partial charge in [-0.2, -0.15) is 0 Å². The summed E-state index contributed by atoms with van der Waals surface area (Å²) in [6.07, 6.45) is 2.12. The fourth-order valence-corrected chi connectivity index (χ4v) is 3.87. The highest BCUT2D eigenvalue weighted by atomic mass is 32.2. The van der Waals surface area contributed by atoms with E-state index < -0.39 is 10.0 Å². The van der Waals surface area contributed by atoms with Crippen molar-refractivity contribution in [1.29, 1.82) is 0 Å². The Morgan fingerprint density at radius 1 is 1.48 bits per heavy atom. The molecule has 21 heavy (non-hydrogen) atoms. The van der Waals surface area contributed by atoms with Gasteiger partial charge in [-0.25, -0.2) is 13.1 Å². The van der Waals surface area contributed by atoms with Gasteiger partial charge in [0.15, 0.2) is 0 Å². The Labute approximate surface area is 126 Å². The normalized spacial score (nSPS) is 19.9. The summed E-state index contributed by atoms with van der Waals surface area (Å²) in [6, 6.07) is 5.23. The number of benzene rings is 1. The lowest BCUT2D eigenvalue weighted by molar-refractivity contribution is 0.310. The Balaban J connectivity index is 2.18. The van der Waals surface area contributed by atoms with Crippen LogP contribution in [0.2, 0.25) is 0 Å². The number of sulfonamides is 1. The van der Waals surface area contributed by atoms with E-state index in [1.807, 2.05) is 7.05 Å². The third-order valence-electron chi connectivity index (χ3n) is 3.93. The van der Waals surface area contributed by atoms with E-state index in [9.17, 15) is 8.42 Å². The van der Waals surface area contributed by atoms with E-state index in [1.54, 1.807) is 18.2 Å². The van der Waals surface area contributed by atoms with E-state index in [4.69, 9.17) is 10.5 Å². The van der Waals surface area contributed by atoms with Crippen molar-refractivity contribution < 1.29 is 13.2 Å². The van der Waals surface area contributed by atoms with E-state index in [0.29, 0.717) is 12.3 Å². The number of likely N-dealkylation sites (N-methyl/N-ethyl adjacent to an activating group) is 1. The second-order valence-electron chi connectivity index (χ2n) is 5.32. The zero-order valence-electron chi connectivity index (χ0n) is 12.5. The van der Waals surface area contributed by atoms with Gasteiger partial charge in [0.2, 0.25) is 10.0 Å². The number of hydrogen-bond donors (Lipinski definition) is 2. The molecule has 0 spiro atoms. The second kappa shape index (κ2) is 6.74. The maximum atomic E-state index is 12.5. The summed E-state index contributed by atoms with van der Waals surface area (Å²) < 4.78 is 32.8. The van der Waals surface area contributed by atoms with Crippen molar-refractivity contribution in [3.05, 3.63) is 23.8 Å². The monoisotopic (exact) mass is 313 g/mol. The molecule has 2 rings (SSSR count). The van der Waals surface area contributed by atoms with Crippen molar-refractivity contribution in [2.75, 3.05) is 27.2 Å². The molecule has 0 bridgehead atoms. The summed E-state index contributed by atoms with van der Waals surface area (Å²) in [5.41, 5.74) is 6.34. The van der Waals surface area contributed by atoms with E-state index in [0.717, 1.165) is 24.9 Å². The predicted molar refractivity (Wildman–Crippen MR) is 81.7 cm³/mol. The quantitative estimate of drug-likeness (QED) is 0.800. The van der Waals surface area contributed by atoms with Crippen molar-refractivity contribution in [1.82, 2.24) is 9.62 Å². The van der Waals surface area contributed by atoms with Crippen LogP contribution in [0.1, 0.15) is 18.4 Å². The molecule has 1 fully saturated rings. The topological polar surface area (TPSA) is 84.7 Å². The third kappa shape index (κ3) is 3.74. The number of methoxy groups -OCH3 is 1. The lowest BCUT2D eigenvalue weighted by atomic mass is 10.2. The highest BCUT2D eigenvalue weighted by Gasteiger charge is 2.25. The van der Waals surface area contributed by atoms with Crippen LogP contribution >= 0.6 is 0 Å². The standard InChI is InChI=1S/C14H23N3O3S/c1-17-7-3-4-12(17)10-16-21(18,19)14-8-11(9-15)5-6-13(14)20-2/h5-6,8,12,16H,3-4,7,9-10,15H2,1-2H3. The van der Waals surface area contributed by atoms with Crippen LogP contribution in [0.15, 0.2) is 23.1 Å². The number of nitrogens with zero attached hydrogens (tertiary/aromatic N) is 1. The van der Waals surface area contributed by atoms with E-state index in [2.05, 4.69) is 9.62 Å². The molecule has 118 valence electrons. The smallest absolute Gasteiger partial charge is 0.244 e. The van der Waals surface area contributed by atoms with Gasteiger partial charge in [-0.1, -0.05) is 6.07 Å². The summed E-state index contributed by atoms with van der Waals surface area (Å²) >= 11 is 0. The molecule has 1 aliphatic rings. The molecular formula is C14H23N3O3S. The van der Waals surface area contributed by atoms with Crippen LogP contribution in [0.5, 0.6) is 5.75 Å². The maximum Gasteiger partial charge on any atom is 0.244 e. The van der Waals surface area contributed by atoms with Crippen LogP contribution in [-0.2, 0) is 16.6 Å². The molecule has 0 amide bonds. The first kappa shape index (κ1) is 16.2. The first-order valence-corrected chi connectivity index (χ1v) is 8.53. The average molecular weight is 313 g/mol. The average Bonchev–Trinajstić information content (AvgIpc) is 2.90. The third-order valence-corrected chi connectivity index (χ3v) is 5.38. The second-order valence-corrected chi connectivity index (χ2v) is 7.05. The van der Waals surface area contributed by atoms with Crippen LogP contribution in [-0.4, -0.2) is 46.6 Å². The Bertz CT molecular complexity index is 589. The Morgan fingerprint density at radius 3 is 2.81 bits per heavy atom. The van der Waals surface area contributed by atoms with Crippen LogP contribution in [0.25, 0.3) is 0 Å². The molecule has 1 aliphatic heterocycles. The first-order valence-electron chi connectivity index (χ1n) is 7.05. The summed E-state index contributed by atoms with van der Waals surface area (Å²) in [4.78, 5) is 2.32. The van der Waals surface area contributed by atoms with Crippen LogP contribution < -0.4 is 15.2 Å². The number of nitrogens with one attached hydrogen (secondary N) is 1. The van der Waals surface area contributed by atoms with Crippen molar-refractivity contribution in [2.45, 2.75) is 30.3 Å². The maximum absolute atomic E-state index is 12.5. The van der Waals surface area contributed by atoms with Crippen LogP contribution in [0.4, 0.5) is 0 Å². The van der Waals surface area contributed by atoms with Gasteiger partial charge in [0.25, 0.3) is 0 Å². The Hall–Kier alpha value is -1.15. The number of nitrogens with two attached hydrogens (primary N) is 1. The SMILES string of the molecule is COc1ccc(CN)cc1S(=O)(=O)NCC1CCCN1C. The fraction of sp³-hybridized carbons (Fsp3) is 0.571. The fourth-order valence-electron chi connectivity index (χ4n) is 2.58. The molecule has 1 atom stereocenters. The van der Waals surface area contributed by atoms with Crippen LogP contribution in [0, 0.1) is 0 Å². The molecule has 1 heterocycles. The van der Waals surface area contributed by atoms with Gasteiger partial charge in [0.1, 0.15) is 10.6 Å². The lowest BCUT2D eigenvalue weighted by Crippen LogP contribution is -2.38. The van der Waals surface area contributed by atoms with Crippen LogP contribution in [0.3, 0.4) is 0 Å². The number of hydrogen-bond acceptors (Lipinski definition) is 5. The molecular weight excluding hydrogens is 290 g/mol. The molecule has 1 saturated heterocycles. The molecule has 0 aliphatic carbocycles. The van der Waals surface area contributed by atoms with Gasteiger partial charge in [-0.05, 0) is 44.1 Å². The Kier molecular flexibility index (Phi) is 5.21. The zero-order valence-corrected chi connectivity index (χ0v) is 13.3. The van der Waals surface area contributed by atoms with Gasteiger partial charge in [-0.15, -0.1) is 0 Å². The molecule has 3 N–H and O–H groups in total. The number of ether oxygens (including phenoxy) is 1. The molecule has 0 aromatic heterocycles. The van der Waals surface area contributed by atoms with Crippen molar-refractivity contribution in [3.8, 4) is 5.75 Å². The largest absolute Gasteiger partial charge is 0.495 e. The molecule has 6 nitrogen and oxygen atoms in total. The molecule has 0 saturated carbocycles. The summed E-state index contributed by atoms with van der Waals surface area (Å²) in [5.74, 6) is 0.333. The van der Waals surface area contributed by atoms with Gasteiger partial charge in [-0.3, -0.25) is 0 Å². The molecule has 7 heteroatoms. The highest BCUT2D eigenvalue weighted by Crippen LogP contribution is 2.25. The van der Waals surface area contributed by atoms with E-state index >= 15 is 0 Å². The predicted octanol–water partition coefficient (Wildman–Crippen LogP) is 0.526. The number of rotatable bonds is 6. The van der Waals surface area contributed by atoms with E-state index in [-0.39, 0.29) is 17.5 Å². The molecule has 1 unspecified atom stereocenters. The molecule has 1 aromatic carbocycles. The highest BCUT2D eigenvalue weighted by molar-refractivity contribution is 7.89. The first-order chi connectivity index (χ1) is 9.97. The van der Waals surface area contributed by atoms with Gasteiger partial charge in [0.05, 0.1) is 7.11 Å². The minimum Gasteiger partial charge on any atom is -0.495 e. The lowest BCUT2D eigenvalue weighted by Gasteiger charge is -2.20. The zero-order chi connectivity index (χ0) is 15.5. The minimum absolute atomic E-state index is 0.147. The Morgan fingerprint density at radius 2 is 2.24 bits per heavy atom. The summed E-state index contributed by atoms with van der Waals surface area (Å²) in [6.45, 7) is 1.71.